The number of nitrogens with two attached hydrogens (primary N) is 1. The SMILES string of the molecule is CC(C)N1CCC(N(C)C(=O)c2csc(CN)n2)CC1.Cl.Cl. The molecule has 1 amide bonds. The Morgan fingerprint density at radius 1 is 1.45 bits per heavy atom. The predicted octanol–water partition coefficient (Wildman–Crippen LogP) is 2.39. The molecule has 128 valence electrons. The minimum atomic E-state index is 0. The lowest BCUT2D eigenvalue weighted by molar-refractivity contribution is 0.0610. The van der Waals surface area contributed by atoms with Crippen molar-refractivity contribution in [3.05, 3.63) is 16.1 Å². The molecule has 1 aromatic heterocycles. The number of rotatable bonds is 4. The van der Waals surface area contributed by atoms with Crippen molar-refractivity contribution < 1.29 is 4.79 Å². The molecule has 8 heteroatoms. The van der Waals surface area contributed by atoms with Gasteiger partial charge in [0.05, 0.1) is 0 Å². The lowest BCUT2D eigenvalue weighted by atomic mass is 10.0. The van der Waals surface area contributed by atoms with Crippen molar-refractivity contribution in [3.8, 4) is 0 Å². The van der Waals surface area contributed by atoms with E-state index in [1.165, 1.54) is 11.3 Å². The number of thiazole rings is 1. The van der Waals surface area contributed by atoms with Crippen LogP contribution < -0.4 is 5.73 Å². The van der Waals surface area contributed by atoms with E-state index in [1.807, 2.05) is 17.3 Å². The summed E-state index contributed by atoms with van der Waals surface area (Å²) >= 11 is 1.45. The van der Waals surface area contributed by atoms with Gasteiger partial charge in [0.2, 0.25) is 0 Å². The van der Waals surface area contributed by atoms with Crippen molar-refractivity contribution >= 4 is 42.1 Å². The molecule has 1 saturated heterocycles. The number of likely N-dealkylation sites (tertiary alicyclic amines) is 1. The van der Waals surface area contributed by atoms with Gasteiger partial charge < -0.3 is 15.5 Å². The van der Waals surface area contributed by atoms with E-state index in [0.717, 1.165) is 30.9 Å². The molecule has 0 atom stereocenters. The van der Waals surface area contributed by atoms with Crippen LogP contribution in [-0.4, -0.2) is 52.9 Å². The van der Waals surface area contributed by atoms with Gasteiger partial charge in [0.25, 0.3) is 5.91 Å². The lowest BCUT2D eigenvalue weighted by Crippen LogP contribution is -2.47. The molecule has 2 heterocycles. The number of piperidine rings is 1. The summed E-state index contributed by atoms with van der Waals surface area (Å²) in [7, 11) is 1.89. The first-order valence-electron chi connectivity index (χ1n) is 7.18. The molecule has 0 saturated carbocycles. The summed E-state index contributed by atoms with van der Waals surface area (Å²) in [5, 5.41) is 2.63. The van der Waals surface area contributed by atoms with Crippen LogP contribution in [0.4, 0.5) is 0 Å². The van der Waals surface area contributed by atoms with E-state index in [0.29, 0.717) is 24.3 Å². The van der Waals surface area contributed by atoms with E-state index < -0.39 is 0 Å². The van der Waals surface area contributed by atoms with E-state index in [2.05, 4.69) is 23.7 Å². The second-order valence-electron chi connectivity index (χ2n) is 5.61. The molecule has 1 aliphatic rings. The largest absolute Gasteiger partial charge is 0.337 e. The van der Waals surface area contributed by atoms with Crippen molar-refractivity contribution in [1.29, 1.82) is 0 Å². The van der Waals surface area contributed by atoms with Gasteiger partial charge in [-0.1, -0.05) is 0 Å². The second kappa shape index (κ2) is 9.67. The Balaban J connectivity index is 0.00000220. The summed E-state index contributed by atoms with van der Waals surface area (Å²) in [6, 6.07) is 0.906. The number of aromatic nitrogens is 1. The quantitative estimate of drug-likeness (QED) is 0.885. The van der Waals surface area contributed by atoms with Gasteiger partial charge in [-0.15, -0.1) is 36.2 Å². The van der Waals surface area contributed by atoms with Crippen LogP contribution >= 0.6 is 36.2 Å². The minimum Gasteiger partial charge on any atom is -0.337 e. The fourth-order valence-electron chi connectivity index (χ4n) is 2.64. The van der Waals surface area contributed by atoms with Crippen molar-refractivity contribution in [2.45, 2.75) is 45.3 Å². The molecule has 0 unspecified atom stereocenters. The summed E-state index contributed by atoms with van der Waals surface area (Å²) in [6.45, 7) is 6.96. The van der Waals surface area contributed by atoms with Crippen LogP contribution in [0, 0.1) is 0 Å². The van der Waals surface area contributed by atoms with Gasteiger partial charge in [0, 0.05) is 44.1 Å². The number of amides is 1. The maximum atomic E-state index is 12.4. The molecule has 1 aliphatic heterocycles. The van der Waals surface area contributed by atoms with E-state index in [4.69, 9.17) is 5.73 Å². The Bertz CT molecular complexity index is 461. The first-order valence-corrected chi connectivity index (χ1v) is 8.06. The smallest absolute Gasteiger partial charge is 0.273 e. The maximum Gasteiger partial charge on any atom is 0.273 e. The number of carbonyl (C=O) groups is 1. The maximum absolute atomic E-state index is 12.4. The third kappa shape index (κ3) is 5.06. The van der Waals surface area contributed by atoms with Gasteiger partial charge in [-0.2, -0.15) is 0 Å². The van der Waals surface area contributed by atoms with E-state index >= 15 is 0 Å². The standard InChI is InChI=1S/C14H24N4OS.2ClH/c1-10(2)18-6-4-11(5-7-18)17(3)14(19)12-9-20-13(8-15)16-12;;/h9-11H,4-8,15H2,1-3H3;2*1H. The number of hydrogen-bond donors (Lipinski definition) is 1. The van der Waals surface area contributed by atoms with Gasteiger partial charge >= 0.3 is 0 Å². The molecule has 0 bridgehead atoms. The average molecular weight is 369 g/mol. The van der Waals surface area contributed by atoms with Crippen molar-refractivity contribution in [1.82, 2.24) is 14.8 Å². The highest BCUT2D eigenvalue weighted by molar-refractivity contribution is 7.09. The number of hydrogen-bond acceptors (Lipinski definition) is 5. The number of halogens is 2. The zero-order valence-electron chi connectivity index (χ0n) is 13.3. The van der Waals surface area contributed by atoms with Crippen LogP contribution in [0.5, 0.6) is 0 Å². The van der Waals surface area contributed by atoms with Gasteiger partial charge in [-0.3, -0.25) is 4.79 Å². The monoisotopic (exact) mass is 368 g/mol. The normalized spacial score (nSPS) is 16.0. The molecule has 1 fully saturated rings. The molecule has 2 N–H and O–H groups in total. The van der Waals surface area contributed by atoms with Gasteiger partial charge in [-0.05, 0) is 26.7 Å². The highest BCUT2D eigenvalue weighted by Crippen LogP contribution is 2.19. The molecule has 5 nitrogen and oxygen atoms in total. The van der Waals surface area contributed by atoms with Gasteiger partial charge in [-0.25, -0.2) is 4.98 Å². The van der Waals surface area contributed by atoms with E-state index in [-0.39, 0.29) is 30.7 Å². The highest BCUT2D eigenvalue weighted by Gasteiger charge is 2.27. The topological polar surface area (TPSA) is 62.5 Å². The minimum absolute atomic E-state index is 0. The van der Waals surface area contributed by atoms with Gasteiger partial charge in [0.15, 0.2) is 0 Å². The highest BCUT2D eigenvalue weighted by atomic mass is 35.5. The summed E-state index contributed by atoms with van der Waals surface area (Å²) < 4.78 is 0. The summed E-state index contributed by atoms with van der Waals surface area (Å²) in [5.74, 6) is 0.0175. The van der Waals surface area contributed by atoms with Crippen LogP contribution in [-0.2, 0) is 6.54 Å². The van der Waals surface area contributed by atoms with Crippen molar-refractivity contribution in [2.24, 2.45) is 5.73 Å². The Kier molecular flexibility index (Phi) is 9.50. The van der Waals surface area contributed by atoms with Gasteiger partial charge in [0.1, 0.15) is 10.7 Å². The molecular weight excluding hydrogens is 343 g/mol. The zero-order chi connectivity index (χ0) is 14.7. The Labute approximate surface area is 149 Å². The fourth-order valence-corrected chi connectivity index (χ4v) is 3.29. The van der Waals surface area contributed by atoms with Crippen molar-refractivity contribution in [3.63, 3.8) is 0 Å². The van der Waals surface area contributed by atoms with Crippen LogP contribution in [0.1, 0.15) is 42.2 Å². The van der Waals surface area contributed by atoms with Crippen molar-refractivity contribution in [2.75, 3.05) is 20.1 Å². The molecule has 0 radical (unpaired) electrons. The second-order valence-corrected chi connectivity index (χ2v) is 6.55. The Hall–Kier alpha value is -0.400. The molecule has 1 aromatic rings. The molecule has 0 aliphatic carbocycles. The first kappa shape index (κ1) is 21.6. The van der Waals surface area contributed by atoms with Crippen LogP contribution in [0.3, 0.4) is 0 Å². The lowest BCUT2D eigenvalue weighted by Gasteiger charge is -2.38. The molecule has 2 rings (SSSR count). The number of carbonyl (C=O) groups excluding carboxylic acids is 1. The third-order valence-electron chi connectivity index (χ3n) is 4.04. The zero-order valence-corrected chi connectivity index (χ0v) is 15.8. The van der Waals surface area contributed by atoms with E-state index in [1.54, 1.807) is 0 Å². The number of nitrogens with zero attached hydrogens (tertiary/aromatic N) is 3. The molecule has 0 aromatic carbocycles. The molecule has 0 spiro atoms. The Morgan fingerprint density at radius 2 is 2.05 bits per heavy atom. The summed E-state index contributed by atoms with van der Waals surface area (Å²) in [6.07, 6.45) is 2.07. The third-order valence-corrected chi connectivity index (χ3v) is 4.91. The fraction of sp³-hybridized carbons (Fsp3) is 0.714. The predicted molar refractivity (Wildman–Crippen MR) is 96.3 cm³/mol. The van der Waals surface area contributed by atoms with Crippen LogP contribution in [0.15, 0.2) is 5.38 Å². The van der Waals surface area contributed by atoms with E-state index in [9.17, 15) is 4.79 Å². The van der Waals surface area contributed by atoms with Crippen LogP contribution in [0.25, 0.3) is 0 Å². The summed E-state index contributed by atoms with van der Waals surface area (Å²) in [5.41, 5.74) is 6.07. The Morgan fingerprint density at radius 3 is 2.50 bits per heavy atom. The molecular formula is C14H26Cl2N4OS. The first-order chi connectivity index (χ1) is 9.52. The van der Waals surface area contributed by atoms with Crippen LogP contribution in [0.2, 0.25) is 0 Å². The summed E-state index contributed by atoms with van der Waals surface area (Å²) in [4.78, 5) is 21.0. The molecule has 22 heavy (non-hydrogen) atoms. The average Bonchev–Trinajstić information content (AvgIpc) is 2.94.